The molecule has 27 heavy (non-hydrogen) atoms. The SMILES string of the molecule is NCC1CCC(CNc2nc(Nc3ccccc3)c3ccccc3n2)CC1. The van der Waals surface area contributed by atoms with Gasteiger partial charge in [0.15, 0.2) is 0 Å². The first-order chi connectivity index (χ1) is 13.3. The van der Waals surface area contributed by atoms with E-state index >= 15 is 0 Å². The van der Waals surface area contributed by atoms with E-state index in [-0.39, 0.29) is 0 Å². The fourth-order valence-corrected chi connectivity index (χ4v) is 3.82. The van der Waals surface area contributed by atoms with Crippen molar-refractivity contribution in [2.75, 3.05) is 23.7 Å². The summed E-state index contributed by atoms with van der Waals surface area (Å²) in [7, 11) is 0. The van der Waals surface area contributed by atoms with Crippen LogP contribution < -0.4 is 16.4 Å². The summed E-state index contributed by atoms with van der Waals surface area (Å²) >= 11 is 0. The molecule has 1 aliphatic carbocycles. The molecular weight excluding hydrogens is 334 g/mol. The number of rotatable bonds is 6. The maximum Gasteiger partial charge on any atom is 0.225 e. The monoisotopic (exact) mass is 361 g/mol. The summed E-state index contributed by atoms with van der Waals surface area (Å²) in [5, 5.41) is 7.93. The van der Waals surface area contributed by atoms with E-state index in [1.165, 1.54) is 25.7 Å². The van der Waals surface area contributed by atoms with Gasteiger partial charge in [-0.05, 0) is 68.3 Å². The minimum Gasteiger partial charge on any atom is -0.354 e. The molecule has 1 aromatic heterocycles. The Hall–Kier alpha value is -2.66. The minimum atomic E-state index is 0.674. The number of nitrogens with one attached hydrogen (secondary N) is 2. The highest BCUT2D eigenvalue weighted by atomic mass is 15.1. The number of benzene rings is 2. The highest BCUT2D eigenvalue weighted by molar-refractivity contribution is 5.91. The predicted octanol–water partition coefficient (Wildman–Crippen LogP) is 4.55. The number of nitrogens with zero attached hydrogens (tertiary/aromatic N) is 2. The maximum atomic E-state index is 5.80. The van der Waals surface area contributed by atoms with Gasteiger partial charge in [0.05, 0.1) is 5.52 Å². The third-order valence-electron chi connectivity index (χ3n) is 5.49. The van der Waals surface area contributed by atoms with Crippen molar-refractivity contribution in [1.82, 2.24) is 9.97 Å². The number of fused-ring (bicyclic) bond motifs is 1. The zero-order chi connectivity index (χ0) is 18.5. The highest BCUT2D eigenvalue weighted by Crippen LogP contribution is 2.29. The van der Waals surface area contributed by atoms with E-state index in [1.807, 2.05) is 48.5 Å². The van der Waals surface area contributed by atoms with Crippen LogP contribution in [0.5, 0.6) is 0 Å². The molecule has 1 heterocycles. The van der Waals surface area contributed by atoms with Crippen molar-refractivity contribution in [3.63, 3.8) is 0 Å². The van der Waals surface area contributed by atoms with Gasteiger partial charge in [-0.1, -0.05) is 30.3 Å². The average Bonchev–Trinajstić information content (AvgIpc) is 2.73. The van der Waals surface area contributed by atoms with E-state index in [9.17, 15) is 0 Å². The predicted molar refractivity (Wildman–Crippen MR) is 112 cm³/mol. The van der Waals surface area contributed by atoms with E-state index in [0.29, 0.717) is 17.8 Å². The summed E-state index contributed by atoms with van der Waals surface area (Å²) in [6, 6.07) is 18.2. The van der Waals surface area contributed by atoms with Crippen LogP contribution in [0.25, 0.3) is 10.9 Å². The van der Waals surface area contributed by atoms with Gasteiger partial charge in [-0.3, -0.25) is 0 Å². The van der Waals surface area contributed by atoms with Gasteiger partial charge in [-0.2, -0.15) is 4.98 Å². The average molecular weight is 361 g/mol. The second-order valence-electron chi connectivity index (χ2n) is 7.41. The molecule has 1 aliphatic rings. The van der Waals surface area contributed by atoms with Crippen molar-refractivity contribution in [3.05, 3.63) is 54.6 Å². The molecule has 0 spiro atoms. The molecule has 0 bridgehead atoms. The molecule has 2 aromatic carbocycles. The number of hydrogen-bond acceptors (Lipinski definition) is 5. The van der Waals surface area contributed by atoms with E-state index in [2.05, 4.69) is 16.7 Å². The van der Waals surface area contributed by atoms with Gasteiger partial charge in [0.2, 0.25) is 5.95 Å². The van der Waals surface area contributed by atoms with Crippen LogP contribution in [-0.2, 0) is 0 Å². The van der Waals surface area contributed by atoms with Crippen LogP contribution in [0.15, 0.2) is 54.6 Å². The van der Waals surface area contributed by atoms with Gasteiger partial charge in [0.1, 0.15) is 5.82 Å². The number of para-hydroxylation sites is 2. The van der Waals surface area contributed by atoms with Gasteiger partial charge in [-0.25, -0.2) is 4.98 Å². The fraction of sp³-hybridized carbons (Fsp3) is 0.364. The second kappa shape index (κ2) is 8.35. The van der Waals surface area contributed by atoms with Crippen molar-refractivity contribution in [2.24, 2.45) is 17.6 Å². The Bertz CT molecular complexity index is 872. The van der Waals surface area contributed by atoms with E-state index < -0.39 is 0 Å². The summed E-state index contributed by atoms with van der Waals surface area (Å²) < 4.78 is 0. The molecule has 0 unspecified atom stereocenters. The van der Waals surface area contributed by atoms with Crippen LogP contribution in [0.3, 0.4) is 0 Å². The van der Waals surface area contributed by atoms with Crippen LogP contribution in [0, 0.1) is 11.8 Å². The first kappa shape index (κ1) is 17.7. The standard InChI is InChI=1S/C22H27N5/c23-14-16-10-12-17(13-11-16)15-24-22-26-20-9-5-4-8-19(20)21(27-22)25-18-6-2-1-3-7-18/h1-9,16-17H,10-15,23H2,(H2,24,25,26,27). The van der Waals surface area contributed by atoms with Gasteiger partial charge in [0.25, 0.3) is 0 Å². The number of anilines is 3. The number of aromatic nitrogens is 2. The molecule has 1 saturated carbocycles. The molecule has 0 aliphatic heterocycles. The van der Waals surface area contributed by atoms with Crippen LogP contribution in [0.2, 0.25) is 0 Å². The molecule has 0 amide bonds. The third kappa shape index (κ3) is 4.37. The molecule has 5 nitrogen and oxygen atoms in total. The zero-order valence-corrected chi connectivity index (χ0v) is 15.6. The smallest absolute Gasteiger partial charge is 0.225 e. The summed E-state index contributed by atoms with van der Waals surface area (Å²) in [5.74, 6) is 2.91. The molecular formula is C22H27N5. The Kier molecular flexibility index (Phi) is 5.49. The highest BCUT2D eigenvalue weighted by Gasteiger charge is 2.20. The summed E-state index contributed by atoms with van der Waals surface area (Å²) in [5.41, 5.74) is 7.77. The molecule has 1 fully saturated rings. The zero-order valence-electron chi connectivity index (χ0n) is 15.6. The minimum absolute atomic E-state index is 0.674. The Morgan fingerprint density at radius 3 is 2.33 bits per heavy atom. The molecule has 0 atom stereocenters. The Labute approximate surface area is 160 Å². The van der Waals surface area contributed by atoms with Crippen molar-refractivity contribution in [1.29, 1.82) is 0 Å². The lowest BCUT2D eigenvalue weighted by Gasteiger charge is -2.27. The molecule has 140 valence electrons. The van der Waals surface area contributed by atoms with Gasteiger partial charge in [0, 0.05) is 17.6 Å². The fourth-order valence-electron chi connectivity index (χ4n) is 3.82. The van der Waals surface area contributed by atoms with Crippen LogP contribution in [-0.4, -0.2) is 23.1 Å². The van der Waals surface area contributed by atoms with E-state index in [0.717, 1.165) is 35.5 Å². The van der Waals surface area contributed by atoms with Crippen molar-refractivity contribution >= 4 is 28.4 Å². The molecule has 3 aromatic rings. The van der Waals surface area contributed by atoms with Crippen molar-refractivity contribution in [3.8, 4) is 0 Å². The lowest BCUT2D eigenvalue weighted by molar-refractivity contribution is 0.289. The van der Waals surface area contributed by atoms with Gasteiger partial charge in [-0.15, -0.1) is 0 Å². The molecule has 5 heteroatoms. The largest absolute Gasteiger partial charge is 0.354 e. The number of nitrogens with two attached hydrogens (primary N) is 1. The Morgan fingerprint density at radius 2 is 1.56 bits per heavy atom. The Balaban J connectivity index is 1.51. The van der Waals surface area contributed by atoms with Crippen LogP contribution >= 0.6 is 0 Å². The van der Waals surface area contributed by atoms with E-state index in [4.69, 9.17) is 15.7 Å². The normalized spacial score (nSPS) is 19.7. The summed E-state index contributed by atoms with van der Waals surface area (Å²) in [6.07, 6.45) is 4.94. The Morgan fingerprint density at radius 1 is 0.852 bits per heavy atom. The molecule has 4 N–H and O–H groups in total. The third-order valence-corrected chi connectivity index (χ3v) is 5.49. The van der Waals surface area contributed by atoms with Crippen LogP contribution in [0.4, 0.5) is 17.5 Å². The first-order valence-electron chi connectivity index (χ1n) is 9.84. The molecule has 0 saturated heterocycles. The maximum absolute atomic E-state index is 5.80. The van der Waals surface area contributed by atoms with Crippen LogP contribution in [0.1, 0.15) is 25.7 Å². The summed E-state index contributed by atoms with van der Waals surface area (Å²) in [6.45, 7) is 1.74. The second-order valence-corrected chi connectivity index (χ2v) is 7.41. The lowest BCUT2D eigenvalue weighted by atomic mass is 9.82. The van der Waals surface area contributed by atoms with Crippen molar-refractivity contribution < 1.29 is 0 Å². The van der Waals surface area contributed by atoms with E-state index in [1.54, 1.807) is 0 Å². The number of hydrogen-bond donors (Lipinski definition) is 3. The van der Waals surface area contributed by atoms with Gasteiger partial charge >= 0.3 is 0 Å². The van der Waals surface area contributed by atoms with Gasteiger partial charge < -0.3 is 16.4 Å². The first-order valence-corrected chi connectivity index (χ1v) is 9.84. The quantitative estimate of drug-likeness (QED) is 0.600. The molecule has 4 rings (SSSR count). The molecule has 0 radical (unpaired) electrons. The lowest BCUT2D eigenvalue weighted by Crippen LogP contribution is -2.25. The topological polar surface area (TPSA) is 75.9 Å². The van der Waals surface area contributed by atoms with Crippen molar-refractivity contribution in [2.45, 2.75) is 25.7 Å². The summed E-state index contributed by atoms with van der Waals surface area (Å²) in [4.78, 5) is 9.47.